The largest absolute Gasteiger partial charge is 0.477 e. The van der Waals surface area contributed by atoms with Gasteiger partial charge in [0.2, 0.25) is 0 Å². The molecule has 1 aromatic heterocycles. The number of ether oxygens (including phenoxy) is 1. The maximum Gasteiger partial charge on any atom is 0.354 e. The number of rotatable bonds is 2. The lowest BCUT2D eigenvalue weighted by Crippen LogP contribution is -2.53. The van der Waals surface area contributed by atoms with E-state index < -0.39 is 5.97 Å². The molecule has 1 aromatic rings. The van der Waals surface area contributed by atoms with Crippen molar-refractivity contribution >= 4 is 11.7 Å². The van der Waals surface area contributed by atoms with Gasteiger partial charge in [-0.3, -0.25) is 0 Å². The molecular weight excluding hydrogens is 220 g/mol. The van der Waals surface area contributed by atoms with E-state index in [1.165, 1.54) is 6.07 Å². The molecule has 2 heterocycles. The molecule has 0 aliphatic carbocycles. The van der Waals surface area contributed by atoms with E-state index in [9.17, 15) is 4.79 Å². The summed E-state index contributed by atoms with van der Waals surface area (Å²) in [6.07, 6.45) is 1.61. The van der Waals surface area contributed by atoms with Crippen molar-refractivity contribution in [3.8, 4) is 0 Å². The van der Waals surface area contributed by atoms with Gasteiger partial charge in [-0.05, 0) is 26.0 Å². The Kier molecular flexibility index (Phi) is 3.02. The minimum absolute atomic E-state index is 0.0693. The molecule has 2 rings (SSSR count). The third-order valence-electron chi connectivity index (χ3n) is 2.92. The molecule has 0 radical (unpaired) electrons. The highest BCUT2D eigenvalue weighted by Gasteiger charge is 2.30. The van der Waals surface area contributed by atoms with Crippen LogP contribution in [0.3, 0.4) is 0 Å². The molecule has 0 spiro atoms. The number of carboxylic acids is 1. The van der Waals surface area contributed by atoms with Crippen LogP contribution in [0.1, 0.15) is 24.3 Å². The molecule has 1 N–H and O–H groups in total. The minimum Gasteiger partial charge on any atom is -0.477 e. The van der Waals surface area contributed by atoms with Gasteiger partial charge in [-0.15, -0.1) is 0 Å². The van der Waals surface area contributed by atoms with Crippen molar-refractivity contribution in [3.63, 3.8) is 0 Å². The molecule has 1 aliphatic rings. The number of nitrogens with zero attached hydrogens (tertiary/aromatic N) is 2. The van der Waals surface area contributed by atoms with Crippen LogP contribution in [0.2, 0.25) is 0 Å². The summed E-state index contributed by atoms with van der Waals surface area (Å²) in [5.74, 6) is -1.00. The number of carboxylic acid groups (broad SMARTS) is 1. The van der Waals surface area contributed by atoms with Crippen LogP contribution in [-0.2, 0) is 4.74 Å². The summed E-state index contributed by atoms with van der Waals surface area (Å²) < 4.78 is 5.44. The summed E-state index contributed by atoms with van der Waals surface area (Å²) in [6, 6.07) is 3.33. The lowest BCUT2D eigenvalue weighted by atomic mass is 10.0. The Morgan fingerprint density at radius 1 is 1.53 bits per heavy atom. The van der Waals surface area contributed by atoms with E-state index in [-0.39, 0.29) is 11.2 Å². The molecular formula is C12H16N2O3. The van der Waals surface area contributed by atoms with E-state index in [0.717, 1.165) is 12.2 Å². The van der Waals surface area contributed by atoms with Crippen molar-refractivity contribution in [2.75, 3.05) is 24.7 Å². The van der Waals surface area contributed by atoms with E-state index in [4.69, 9.17) is 9.84 Å². The summed E-state index contributed by atoms with van der Waals surface area (Å²) in [7, 11) is 0. The number of morpholine rings is 1. The van der Waals surface area contributed by atoms with Crippen LogP contribution >= 0.6 is 0 Å². The standard InChI is InChI=1S/C12H16N2O3/c1-12(2)8-17-6-5-14(12)9-3-4-10(11(15)16)13-7-9/h3-4,7H,5-6,8H2,1-2H3,(H,15,16). The first-order valence-electron chi connectivity index (χ1n) is 5.55. The Morgan fingerprint density at radius 3 is 2.82 bits per heavy atom. The van der Waals surface area contributed by atoms with Crippen LogP contribution in [0.15, 0.2) is 18.3 Å². The number of aromatic nitrogens is 1. The van der Waals surface area contributed by atoms with Crippen LogP contribution in [0.25, 0.3) is 0 Å². The monoisotopic (exact) mass is 236 g/mol. The minimum atomic E-state index is -1.00. The SMILES string of the molecule is CC1(C)COCCN1c1ccc(C(=O)O)nc1. The second-order valence-corrected chi connectivity index (χ2v) is 4.72. The predicted molar refractivity (Wildman–Crippen MR) is 63.4 cm³/mol. The van der Waals surface area contributed by atoms with Gasteiger partial charge < -0.3 is 14.7 Å². The second-order valence-electron chi connectivity index (χ2n) is 4.72. The lowest BCUT2D eigenvalue weighted by molar-refractivity contribution is 0.0643. The third kappa shape index (κ3) is 2.39. The summed E-state index contributed by atoms with van der Waals surface area (Å²) >= 11 is 0. The lowest BCUT2D eigenvalue weighted by Gasteiger charge is -2.43. The normalized spacial score (nSPS) is 19.1. The predicted octanol–water partition coefficient (Wildman–Crippen LogP) is 1.40. The molecule has 5 nitrogen and oxygen atoms in total. The van der Waals surface area contributed by atoms with Crippen LogP contribution < -0.4 is 4.90 Å². The van der Waals surface area contributed by atoms with E-state index >= 15 is 0 Å². The Morgan fingerprint density at radius 2 is 2.29 bits per heavy atom. The van der Waals surface area contributed by atoms with Crippen molar-refractivity contribution in [3.05, 3.63) is 24.0 Å². The molecule has 5 heteroatoms. The zero-order chi connectivity index (χ0) is 12.5. The van der Waals surface area contributed by atoms with Crippen LogP contribution in [0, 0.1) is 0 Å². The summed E-state index contributed by atoms with van der Waals surface area (Å²) in [5, 5.41) is 8.79. The molecule has 0 saturated carbocycles. The topological polar surface area (TPSA) is 62.7 Å². The van der Waals surface area contributed by atoms with Gasteiger partial charge in [-0.2, -0.15) is 0 Å². The van der Waals surface area contributed by atoms with E-state index in [1.54, 1.807) is 12.3 Å². The molecule has 0 amide bonds. The van der Waals surface area contributed by atoms with Crippen LogP contribution in [0.5, 0.6) is 0 Å². The Labute approximate surface area is 100 Å². The molecule has 1 fully saturated rings. The van der Waals surface area contributed by atoms with Crippen LogP contribution in [-0.4, -0.2) is 41.4 Å². The summed E-state index contributed by atoms with van der Waals surface area (Å²) in [5.41, 5.74) is 0.910. The Balaban J connectivity index is 2.24. The number of carbonyl (C=O) groups is 1. The maximum absolute atomic E-state index is 10.7. The fourth-order valence-electron chi connectivity index (χ4n) is 2.01. The first kappa shape index (κ1) is 11.9. The molecule has 92 valence electrons. The molecule has 0 atom stereocenters. The smallest absolute Gasteiger partial charge is 0.354 e. The van der Waals surface area contributed by atoms with Gasteiger partial charge in [0.25, 0.3) is 0 Å². The Bertz CT molecular complexity index is 414. The number of pyridine rings is 1. The number of hydrogen-bond acceptors (Lipinski definition) is 4. The van der Waals surface area contributed by atoms with E-state index in [1.807, 2.05) is 0 Å². The number of aromatic carboxylic acids is 1. The molecule has 17 heavy (non-hydrogen) atoms. The fraction of sp³-hybridized carbons (Fsp3) is 0.500. The summed E-state index contributed by atoms with van der Waals surface area (Å²) in [4.78, 5) is 16.8. The fourth-order valence-corrected chi connectivity index (χ4v) is 2.01. The van der Waals surface area contributed by atoms with Crippen molar-refractivity contribution in [1.82, 2.24) is 4.98 Å². The van der Waals surface area contributed by atoms with Gasteiger partial charge in [0.05, 0.1) is 30.6 Å². The molecule has 1 aliphatic heterocycles. The van der Waals surface area contributed by atoms with Crippen LogP contribution in [0.4, 0.5) is 5.69 Å². The molecule has 1 saturated heterocycles. The van der Waals surface area contributed by atoms with Crippen molar-refractivity contribution in [2.24, 2.45) is 0 Å². The second kappa shape index (κ2) is 4.33. The van der Waals surface area contributed by atoms with Crippen molar-refractivity contribution < 1.29 is 14.6 Å². The van der Waals surface area contributed by atoms with Gasteiger partial charge in [0.1, 0.15) is 5.69 Å². The molecule has 0 unspecified atom stereocenters. The number of hydrogen-bond donors (Lipinski definition) is 1. The zero-order valence-corrected chi connectivity index (χ0v) is 10.0. The maximum atomic E-state index is 10.7. The third-order valence-corrected chi connectivity index (χ3v) is 2.92. The number of anilines is 1. The van der Waals surface area contributed by atoms with Crippen molar-refractivity contribution in [1.29, 1.82) is 0 Å². The van der Waals surface area contributed by atoms with Gasteiger partial charge in [0.15, 0.2) is 0 Å². The highest BCUT2D eigenvalue weighted by molar-refractivity contribution is 5.85. The van der Waals surface area contributed by atoms with E-state index in [0.29, 0.717) is 13.2 Å². The Hall–Kier alpha value is -1.62. The first-order valence-corrected chi connectivity index (χ1v) is 5.55. The van der Waals surface area contributed by atoms with Gasteiger partial charge in [-0.1, -0.05) is 0 Å². The molecule has 0 aromatic carbocycles. The highest BCUT2D eigenvalue weighted by Crippen LogP contribution is 2.26. The molecule has 0 bridgehead atoms. The van der Waals surface area contributed by atoms with E-state index in [2.05, 4.69) is 23.7 Å². The zero-order valence-electron chi connectivity index (χ0n) is 10.0. The van der Waals surface area contributed by atoms with Gasteiger partial charge >= 0.3 is 5.97 Å². The summed E-state index contributed by atoms with van der Waals surface area (Å²) in [6.45, 7) is 6.33. The average molecular weight is 236 g/mol. The van der Waals surface area contributed by atoms with Gasteiger partial charge in [0, 0.05) is 6.54 Å². The quantitative estimate of drug-likeness (QED) is 0.840. The highest BCUT2D eigenvalue weighted by atomic mass is 16.5. The van der Waals surface area contributed by atoms with Crippen molar-refractivity contribution in [2.45, 2.75) is 19.4 Å². The average Bonchev–Trinajstić information content (AvgIpc) is 2.28. The first-order chi connectivity index (χ1) is 8.00. The van der Waals surface area contributed by atoms with Gasteiger partial charge in [-0.25, -0.2) is 9.78 Å².